The molecule has 0 saturated carbocycles. The number of nitrogens with zero attached hydrogens (tertiary/aromatic N) is 1. The topological polar surface area (TPSA) is 53.6 Å². The molecule has 1 atom stereocenters. The Morgan fingerprint density at radius 2 is 2.15 bits per heavy atom. The number of halogens is 1. The molecule has 1 saturated heterocycles. The molecule has 1 amide bonds. The zero-order chi connectivity index (χ0) is 14.1. The number of hydrogen-bond acceptors (Lipinski definition) is 4. The van der Waals surface area contributed by atoms with Crippen LogP contribution in [-0.4, -0.2) is 63.8 Å². The molecule has 1 rings (SSSR count). The van der Waals surface area contributed by atoms with Crippen molar-refractivity contribution in [3.63, 3.8) is 0 Å². The van der Waals surface area contributed by atoms with Crippen LogP contribution in [0.4, 0.5) is 0 Å². The third kappa shape index (κ3) is 5.56. The van der Waals surface area contributed by atoms with Crippen molar-refractivity contribution in [1.29, 1.82) is 0 Å². The van der Waals surface area contributed by atoms with Crippen molar-refractivity contribution < 1.29 is 9.53 Å². The monoisotopic (exact) mass is 307 g/mol. The predicted octanol–water partition coefficient (Wildman–Crippen LogP) is 0.882. The van der Waals surface area contributed by atoms with Gasteiger partial charge in [0.15, 0.2) is 0 Å². The number of likely N-dealkylation sites (N-methyl/N-ethyl adjacent to an activating group) is 1. The Balaban J connectivity index is 0.00000361. The van der Waals surface area contributed by atoms with Crippen LogP contribution in [0.25, 0.3) is 0 Å². The van der Waals surface area contributed by atoms with E-state index in [9.17, 15) is 4.79 Å². The minimum atomic E-state index is -0.365. The molecule has 1 unspecified atom stereocenters. The summed E-state index contributed by atoms with van der Waals surface area (Å²) >= 11 is 0. The molecule has 20 heavy (non-hydrogen) atoms. The van der Waals surface area contributed by atoms with E-state index in [0.717, 1.165) is 52.1 Å². The molecule has 1 fully saturated rings. The predicted molar refractivity (Wildman–Crippen MR) is 84.5 cm³/mol. The zero-order valence-corrected chi connectivity index (χ0v) is 13.9. The van der Waals surface area contributed by atoms with E-state index in [2.05, 4.69) is 29.4 Å². The van der Waals surface area contributed by atoms with Crippen molar-refractivity contribution in [2.75, 3.05) is 53.0 Å². The smallest absolute Gasteiger partial charge is 0.229 e. The van der Waals surface area contributed by atoms with Crippen LogP contribution < -0.4 is 10.6 Å². The van der Waals surface area contributed by atoms with Crippen molar-refractivity contribution >= 4 is 18.3 Å². The van der Waals surface area contributed by atoms with Crippen LogP contribution in [0.5, 0.6) is 0 Å². The summed E-state index contributed by atoms with van der Waals surface area (Å²) in [4.78, 5) is 14.7. The summed E-state index contributed by atoms with van der Waals surface area (Å²) in [6.07, 6.45) is 2.01. The molecule has 5 nitrogen and oxygen atoms in total. The van der Waals surface area contributed by atoms with Gasteiger partial charge in [0, 0.05) is 26.7 Å². The van der Waals surface area contributed by atoms with E-state index in [1.54, 1.807) is 7.11 Å². The number of carbonyl (C=O) groups excluding carboxylic acids is 1. The van der Waals surface area contributed by atoms with Crippen molar-refractivity contribution in [1.82, 2.24) is 15.5 Å². The highest BCUT2D eigenvalue weighted by Gasteiger charge is 2.41. The lowest BCUT2D eigenvalue weighted by Gasteiger charge is -2.27. The quantitative estimate of drug-likeness (QED) is 0.664. The Kier molecular flexibility index (Phi) is 10.2. The fourth-order valence-corrected chi connectivity index (χ4v) is 2.66. The zero-order valence-electron chi connectivity index (χ0n) is 13.0. The maximum atomic E-state index is 12.3. The summed E-state index contributed by atoms with van der Waals surface area (Å²) in [5, 5.41) is 6.33. The van der Waals surface area contributed by atoms with Crippen LogP contribution in [0.15, 0.2) is 0 Å². The van der Waals surface area contributed by atoms with Gasteiger partial charge in [-0.05, 0) is 32.5 Å². The van der Waals surface area contributed by atoms with Crippen LogP contribution >= 0.6 is 12.4 Å². The lowest BCUT2D eigenvalue weighted by molar-refractivity contribution is -0.133. The first-order valence-corrected chi connectivity index (χ1v) is 7.39. The molecule has 0 aliphatic carbocycles. The highest BCUT2D eigenvalue weighted by molar-refractivity contribution is 5.85. The number of ether oxygens (including phenoxy) is 1. The van der Waals surface area contributed by atoms with Crippen LogP contribution in [0, 0.1) is 5.41 Å². The normalized spacial score (nSPS) is 21.8. The summed E-state index contributed by atoms with van der Waals surface area (Å²) in [6.45, 7) is 10.2. The van der Waals surface area contributed by atoms with E-state index in [1.165, 1.54) is 0 Å². The number of methoxy groups -OCH3 is 1. The van der Waals surface area contributed by atoms with Gasteiger partial charge >= 0.3 is 0 Å². The van der Waals surface area contributed by atoms with Gasteiger partial charge in [-0.25, -0.2) is 0 Å². The fourth-order valence-electron chi connectivity index (χ4n) is 2.66. The summed E-state index contributed by atoms with van der Waals surface area (Å²) in [7, 11) is 1.66. The molecule has 0 radical (unpaired) electrons. The highest BCUT2D eigenvalue weighted by atomic mass is 35.5. The summed E-state index contributed by atoms with van der Waals surface area (Å²) < 4.78 is 5.23. The average Bonchev–Trinajstić information content (AvgIpc) is 2.88. The largest absolute Gasteiger partial charge is 0.384 e. The highest BCUT2D eigenvalue weighted by Crippen LogP contribution is 2.25. The molecular formula is C14H30ClN3O2. The van der Waals surface area contributed by atoms with Crippen LogP contribution in [0.1, 0.15) is 26.7 Å². The van der Waals surface area contributed by atoms with E-state index in [1.807, 2.05) is 0 Å². The van der Waals surface area contributed by atoms with Gasteiger partial charge in [0.1, 0.15) is 0 Å². The van der Waals surface area contributed by atoms with E-state index < -0.39 is 0 Å². The van der Waals surface area contributed by atoms with E-state index >= 15 is 0 Å². The molecule has 0 spiro atoms. The Labute approximate surface area is 129 Å². The molecule has 1 heterocycles. The third-order valence-electron chi connectivity index (χ3n) is 3.85. The molecule has 2 N–H and O–H groups in total. The second-order valence-corrected chi connectivity index (χ2v) is 5.33. The van der Waals surface area contributed by atoms with Gasteiger partial charge in [-0.3, -0.25) is 4.79 Å². The summed E-state index contributed by atoms with van der Waals surface area (Å²) in [6, 6.07) is 0. The fraction of sp³-hybridized carbons (Fsp3) is 0.929. The maximum absolute atomic E-state index is 12.3. The lowest BCUT2D eigenvalue weighted by Crippen LogP contribution is -2.47. The molecule has 1 aliphatic heterocycles. The van der Waals surface area contributed by atoms with Gasteiger partial charge in [-0.2, -0.15) is 0 Å². The van der Waals surface area contributed by atoms with E-state index in [0.29, 0.717) is 6.61 Å². The minimum Gasteiger partial charge on any atom is -0.384 e. The van der Waals surface area contributed by atoms with Crippen LogP contribution in [-0.2, 0) is 9.53 Å². The maximum Gasteiger partial charge on any atom is 0.229 e. The number of carbonyl (C=O) groups is 1. The third-order valence-corrected chi connectivity index (χ3v) is 3.85. The molecule has 0 bridgehead atoms. The molecule has 6 heteroatoms. The average molecular weight is 308 g/mol. The second-order valence-electron chi connectivity index (χ2n) is 5.33. The van der Waals surface area contributed by atoms with Gasteiger partial charge in [0.2, 0.25) is 5.91 Å². The number of amides is 1. The van der Waals surface area contributed by atoms with Gasteiger partial charge in [-0.15, -0.1) is 12.4 Å². The first-order chi connectivity index (χ1) is 9.18. The van der Waals surface area contributed by atoms with Gasteiger partial charge in [0.25, 0.3) is 0 Å². The van der Waals surface area contributed by atoms with Gasteiger partial charge < -0.3 is 20.3 Å². The Hall–Kier alpha value is -0.360. The number of hydrogen-bond donors (Lipinski definition) is 2. The summed E-state index contributed by atoms with van der Waals surface area (Å²) in [5.74, 6) is 0.131. The van der Waals surface area contributed by atoms with Crippen LogP contribution in [0.3, 0.4) is 0 Å². The molecule has 0 aromatic rings. The minimum absolute atomic E-state index is 0. The molecular weight excluding hydrogens is 278 g/mol. The van der Waals surface area contributed by atoms with E-state index in [-0.39, 0.29) is 23.7 Å². The molecule has 0 aromatic heterocycles. The summed E-state index contributed by atoms with van der Waals surface area (Å²) in [5.41, 5.74) is -0.365. The van der Waals surface area contributed by atoms with Crippen LogP contribution in [0.2, 0.25) is 0 Å². The van der Waals surface area contributed by atoms with E-state index in [4.69, 9.17) is 4.74 Å². The Bertz CT molecular complexity index is 271. The Morgan fingerprint density at radius 1 is 1.40 bits per heavy atom. The first kappa shape index (κ1) is 19.6. The lowest BCUT2D eigenvalue weighted by atomic mass is 9.87. The Morgan fingerprint density at radius 3 is 2.65 bits per heavy atom. The molecule has 1 aliphatic rings. The second kappa shape index (κ2) is 10.4. The van der Waals surface area contributed by atoms with Crippen molar-refractivity contribution in [2.45, 2.75) is 26.7 Å². The van der Waals surface area contributed by atoms with Crippen molar-refractivity contribution in [3.8, 4) is 0 Å². The number of nitrogens with one attached hydrogen (secondary N) is 2. The van der Waals surface area contributed by atoms with Gasteiger partial charge in [-0.1, -0.05) is 13.8 Å². The standard InChI is InChI=1S/C14H29N3O2.ClH/c1-4-9-17(5-2)10-8-16-13(18)14(12-19-3)6-7-15-11-14;/h15H,4-12H2,1-3H3,(H,16,18);1H. The number of rotatable bonds is 9. The SMILES string of the molecule is CCCN(CC)CCNC(=O)C1(COC)CCNC1.Cl. The van der Waals surface area contributed by atoms with Gasteiger partial charge in [0.05, 0.1) is 12.0 Å². The van der Waals surface area contributed by atoms with Crippen molar-refractivity contribution in [2.24, 2.45) is 5.41 Å². The first-order valence-electron chi connectivity index (χ1n) is 7.39. The molecule has 0 aromatic carbocycles. The molecule has 120 valence electrons. The van der Waals surface area contributed by atoms with Crippen molar-refractivity contribution in [3.05, 3.63) is 0 Å².